The summed E-state index contributed by atoms with van der Waals surface area (Å²) in [7, 11) is 2.09. The molecule has 0 spiro atoms. The number of carbonyl (C=O) groups is 2. The summed E-state index contributed by atoms with van der Waals surface area (Å²) in [6.07, 6.45) is 2.52. The monoisotopic (exact) mass is 418 g/mol. The fourth-order valence-electron chi connectivity index (χ4n) is 3.73. The van der Waals surface area contributed by atoms with Gasteiger partial charge in [-0.3, -0.25) is 9.59 Å². The van der Waals surface area contributed by atoms with Crippen molar-refractivity contribution in [2.45, 2.75) is 25.8 Å². The average Bonchev–Trinajstić information content (AvgIpc) is 3.09. The van der Waals surface area contributed by atoms with E-state index in [9.17, 15) is 9.59 Å². The van der Waals surface area contributed by atoms with Gasteiger partial charge in [0, 0.05) is 48.1 Å². The maximum Gasteiger partial charge on any atom is 0.253 e. The quantitative estimate of drug-likeness (QED) is 0.830. The van der Waals surface area contributed by atoms with Gasteiger partial charge in [-0.2, -0.15) is 0 Å². The summed E-state index contributed by atoms with van der Waals surface area (Å²) < 4.78 is 0. The molecule has 8 heteroatoms. The molecule has 2 aliphatic heterocycles. The molecule has 2 aliphatic rings. The number of likely N-dealkylation sites (tertiary alicyclic amines) is 1. The number of halogens is 1. The predicted molar refractivity (Wildman–Crippen MR) is 111 cm³/mol. The largest absolute Gasteiger partial charge is 0.338 e. The van der Waals surface area contributed by atoms with Crippen molar-refractivity contribution in [2.75, 3.05) is 32.0 Å². The Labute approximate surface area is 173 Å². The standard InChI is InChI=1S/C20H23ClN4O2S/c1-24-10-8-16-17(12-24)28-20(22-16)23-18(26)14-3-2-9-25(11-14)19(27)13-4-6-15(21)7-5-13/h4-7,14H,2-3,8-12H2,1H3,(H,22,23,26)/t14-/m0/s1. The molecule has 6 nitrogen and oxygen atoms in total. The van der Waals surface area contributed by atoms with Gasteiger partial charge in [-0.25, -0.2) is 4.98 Å². The Hall–Kier alpha value is -1.96. The van der Waals surface area contributed by atoms with E-state index in [0.29, 0.717) is 28.8 Å². The van der Waals surface area contributed by atoms with Gasteiger partial charge in [0.05, 0.1) is 11.6 Å². The SMILES string of the molecule is CN1CCc2nc(NC(=O)[C@H]3CCCN(C(=O)c4ccc(Cl)cc4)C3)sc2C1. The Morgan fingerprint density at radius 1 is 1.25 bits per heavy atom. The topological polar surface area (TPSA) is 65.5 Å². The van der Waals surface area contributed by atoms with Crippen molar-refractivity contribution in [1.29, 1.82) is 0 Å². The maximum atomic E-state index is 12.8. The van der Waals surface area contributed by atoms with Crippen molar-refractivity contribution in [3.63, 3.8) is 0 Å². The summed E-state index contributed by atoms with van der Waals surface area (Å²) in [5.74, 6) is -0.316. The number of carbonyl (C=O) groups excluding carboxylic acids is 2. The molecular weight excluding hydrogens is 396 g/mol. The number of hydrogen-bond donors (Lipinski definition) is 1. The Balaban J connectivity index is 1.39. The number of rotatable bonds is 3. The van der Waals surface area contributed by atoms with Gasteiger partial charge in [0.1, 0.15) is 0 Å². The minimum Gasteiger partial charge on any atom is -0.338 e. The lowest BCUT2D eigenvalue weighted by molar-refractivity contribution is -0.121. The van der Waals surface area contributed by atoms with Gasteiger partial charge in [0.25, 0.3) is 5.91 Å². The van der Waals surface area contributed by atoms with Crippen LogP contribution in [0.5, 0.6) is 0 Å². The fraction of sp³-hybridized carbons (Fsp3) is 0.450. The van der Waals surface area contributed by atoms with Crippen LogP contribution in [0.25, 0.3) is 0 Å². The fourth-order valence-corrected chi connectivity index (χ4v) is 4.95. The molecule has 0 radical (unpaired) electrons. The first-order valence-electron chi connectivity index (χ1n) is 9.52. The zero-order valence-corrected chi connectivity index (χ0v) is 17.4. The highest BCUT2D eigenvalue weighted by Gasteiger charge is 2.30. The highest BCUT2D eigenvalue weighted by atomic mass is 35.5. The molecule has 148 valence electrons. The highest BCUT2D eigenvalue weighted by molar-refractivity contribution is 7.15. The van der Waals surface area contributed by atoms with Gasteiger partial charge in [-0.15, -0.1) is 11.3 Å². The summed E-state index contributed by atoms with van der Waals surface area (Å²) in [5.41, 5.74) is 1.70. The van der Waals surface area contributed by atoms with Gasteiger partial charge < -0.3 is 15.1 Å². The molecule has 1 N–H and O–H groups in total. The average molecular weight is 419 g/mol. The van der Waals surface area contributed by atoms with Gasteiger partial charge in [-0.05, 0) is 44.2 Å². The third-order valence-electron chi connectivity index (χ3n) is 5.32. The number of piperidine rings is 1. The van der Waals surface area contributed by atoms with Crippen LogP contribution in [0.3, 0.4) is 0 Å². The van der Waals surface area contributed by atoms with E-state index in [1.165, 1.54) is 4.88 Å². The second kappa shape index (κ2) is 8.19. The second-order valence-electron chi connectivity index (χ2n) is 7.46. The Bertz CT molecular complexity index is 883. The van der Waals surface area contributed by atoms with Gasteiger partial charge in [0.15, 0.2) is 5.13 Å². The third kappa shape index (κ3) is 4.21. The lowest BCUT2D eigenvalue weighted by Gasteiger charge is -2.32. The Kier molecular flexibility index (Phi) is 5.66. The molecule has 0 unspecified atom stereocenters. The normalized spacial score (nSPS) is 19.9. The van der Waals surface area contributed by atoms with E-state index in [0.717, 1.165) is 38.0 Å². The van der Waals surface area contributed by atoms with Crippen molar-refractivity contribution >= 4 is 39.9 Å². The van der Waals surface area contributed by atoms with E-state index in [4.69, 9.17) is 11.6 Å². The number of nitrogens with one attached hydrogen (secondary N) is 1. The summed E-state index contributed by atoms with van der Waals surface area (Å²) in [4.78, 5) is 35.4. The molecule has 28 heavy (non-hydrogen) atoms. The van der Waals surface area contributed by atoms with Crippen LogP contribution in [0.15, 0.2) is 24.3 Å². The van der Waals surface area contributed by atoms with Crippen molar-refractivity contribution < 1.29 is 9.59 Å². The van der Waals surface area contributed by atoms with Crippen LogP contribution in [0.1, 0.15) is 33.8 Å². The minimum atomic E-state index is -0.214. The lowest BCUT2D eigenvalue weighted by Crippen LogP contribution is -2.43. The molecule has 2 aromatic rings. The zero-order chi connectivity index (χ0) is 19.7. The number of benzene rings is 1. The molecular formula is C20H23ClN4O2S. The summed E-state index contributed by atoms with van der Waals surface area (Å²) in [6.45, 7) is 2.98. The van der Waals surface area contributed by atoms with Gasteiger partial charge in [-0.1, -0.05) is 11.6 Å². The smallest absolute Gasteiger partial charge is 0.253 e. The van der Waals surface area contributed by atoms with E-state index >= 15 is 0 Å². The molecule has 3 heterocycles. The molecule has 0 aliphatic carbocycles. The number of likely N-dealkylation sites (N-methyl/N-ethyl adjacent to an activating group) is 1. The number of fused-ring (bicyclic) bond motifs is 1. The van der Waals surface area contributed by atoms with Crippen molar-refractivity contribution in [1.82, 2.24) is 14.8 Å². The summed E-state index contributed by atoms with van der Waals surface area (Å²) in [6, 6.07) is 6.88. The van der Waals surface area contributed by atoms with E-state index < -0.39 is 0 Å². The summed E-state index contributed by atoms with van der Waals surface area (Å²) >= 11 is 7.46. The van der Waals surface area contributed by atoms with Gasteiger partial charge >= 0.3 is 0 Å². The minimum absolute atomic E-state index is 0.0481. The molecule has 1 atom stereocenters. The number of amides is 2. The molecule has 0 saturated carbocycles. The third-order valence-corrected chi connectivity index (χ3v) is 6.57. The van der Waals surface area contributed by atoms with Crippen molar-refractivity contribution in [3.05, 3.63) is 45.4 Å². The molecule has 0 bridgehead atoms. The van der Waals surface area contributed by atoms with Crippen LogP contribution in [0, 0.1) is 5.92 Å². The van der Waals surface area contributed by atoms with E-state index in [1.54, 1.807) is 40.5 Å². The van der Waals surface area contributed by atoms with Crippen LogP contribution in [-0.2, 0) is 17.8 Å². The molecule has 1 aromatic carbocycles. The maximum absolute atomic E-state index is 12.8. The highest BCUT2D eigenvalue weighted by Crippen LogP contribution is 2.29. The number of nitrogens with zero attached hydrogens (tertiary/aromatic N) is 3. The first-order valence-corrected chi connectivity index (χ1v) is 10.7. The Morgan fingerprint density at radius 2 is 2.04 bits per heavy atom. The van der Waals surface area contributed by atoms with Crippen LogP contribution in [0.4, 0.5) is 5.13 Å². The Morgan fingerprint density at radius 3 is 2.82 bits per heavy atom. The van der Waals surface area contributed by atoms with Crippen molar-refractivity contribution in [2.24, 2.45) is 5.92 Å². The molecule has 1 aromatic heterocycles. The number of hydrogen-bond acceptors (Lipinski definition) is 5. The number of anilines is 1. The number of thiazole rings is 1. The van der Waals surface area contributed by atoms with E-state index in [1.807, 2.05) is 0 Å². The molecule has 1 saturated heterocycles. The van der Waals surface area contributed by atoms with Crippen LogP contribution >= 0.6 is 22.9 Å². The first kappa shape index (κ1) is 19.4. The predicted octanol–water partition coefficient (Wildman–Crippen LogP) is 3.28. The van der Waals surface area contributed by atoms with E-state index in [2.05, 4.69) is 22.2 Å². The molecule has 1 fully saturated rings. The summed E-state index contributed by atoms with van der Waals surface area (Å²) in [5, 5.41) is 4.26. The van der Waals surface area contributed by atoms with Crippen LogP contribution < -0.4 is 5.32 Å². The van der Waals surface area contributed by atoms with Crippen molar-refractivity contribution in [3.8, 4) is 0 Å². The van der Waals surface area contributed by atoms with Crippen LogP contribution in [0.2, 0.25) is 5.02 Å². The number of aromatic nitrogens is 1. The van der Waals surface area contributed by atoms with Crippen LogP contribution in [-0.4, -0.2) is 53.3 Å². The molecule has 2 amide bonds. The zero-order valence-electron chi connectivity index (χ0n) is 15.8. The van der Waals surface area contributed by atoms with Gasteiger partial charge in [0.2, 0.25) is 5.91 Å². The van der Waals surface area contributed by atoms with E-state index in [-0.39, 0.29) is 17.7 Å². The first-order chi connectivity index (χ1) is 13.5. The lowest BCUT2D eigenvalue weighted by atomic mass is 9.96. The second-order valence-corrected chi connectivity index (χ2v) is 8.98. The molecule has 4 rings (SSSR count).